The van der Waals surface area contributed by atoms with Gasteiger partial charge in [-0.2, -0.15) is 0 Å². The molecule has 0 spiro atoms. The summed E-state index contributed by atoms with van der Waals surface area (Å²) in [6, 6.07) is 5.13. The van der Waals surface area contributed by atoms with Gasteiger partial charge in [0.05, 0.1) is 24.3 Å². The number of aldehydes is 1. The third-order valence-corrected chi connectivity index (χ3v) is 1.89. The van der Waals surface area contributed by atoms with E-state index >= 15 is 0 Å². The molecule has 0 unspecified atom stereocenters. The van der Waals surface area contributed by atoms with Crippen LogP contribution in [-0.4, -0.2) is 23.4 Å². The molecule has 0 N–H and O–H groups in total. The van der Waals surface area contributed by atoms with Crippen LogP contribution in [0.2, 0.25) is 0 Å². The van der Waals surface area contributed by atoms with Gasteiger partial charge < -0.3 is 4.74 Å². The number of nitrogens with zero attached hydrogens (tertiary/aromatic N) is 2. The number of methoxy groups -OCH3 is 1. The molecule has 0 amide bonds. The summed E-state index contributed by atoms with van der Waals surface area (Å²) < 4.78 is 4.94. The molecular formula is C10H8N2O2. The Labute approximate surface area is 80.6 Å². The third-order valence-electron chi connectivity index (χ3n) is 1.89. The van der Waals surface area contributed by atoms with E-state index in [1.54, 1.807) is 18.2 Å². The minimum Gasteiger partial charge on any atom is -0.480 e. The zero-order valence-corrected chi connectivity index (χ0v) is 7.60. The molecule has 2 rings (SSSR count). The summed E-state index contributed by atoms with van der Waals surface area (Å²) >= 11 is 0. The quantitative estimate of drug-likeness (QED) is 0.669. The molecule has 1 aromatic heterocycles. The second kappa shape index (κ2) is 3.41. The van der Waals surface area contributed by atoms with Crippen LogP contribution in [0.4, 0.5) is 0 Å². The van der Waals surface area contributed by atoms with Crippen molar-refractivity contribution in [3.8, 4) is 5.88 Å². The fourth-order valence-electron chi connectivity index (χ4n) is 1.18. The number of rotatable bonds is 2. The molecule has 4 nitrogen and oxygen atoms in total. The molecule has 14 heavy (non-hydrogen) atoms. The maximum Gasteiger partial charge on any atom is 0.232 e. The van der Waals surface area contributed by atoms with Crippen LogP contribution in [0.25, 0.3) is 11.0 Å². The van der Waals surface area contributed by atoms with Crippen LogP contribution in [0.5, 0.6) is 5.88 Å². The largest absolute Gasteiger partial charge is 0.480 e. The smallest absolute Gasteiger partial charge is 0.232 e. The Morgan fingerprint density at radius 3 is 2.93 bits per heavy atom. The van der Waals surface area contributed by atoms with Gasteiger partial charge in [-0.1, -0.05) is 0 Å². The maximum absolute atomic E-state index is 10.5. The number of ether oxygens (including phenoxy) is 1. The van der Waals surface area contributed by atoms with Crippen LogP contribution in [0, 0.1) is 0 Å². The van der Waals surface area contributed by atoms with Crippen LogP contribution in [0.1, 0.15) is 10.4 Å². The number of fused-ring (bicyclic) bond motifs is 1. The standard InChI is InChI=1S/C10H8N2O2/c1-14-10-5-11-9-4-7(6-13)2-3-8(9)12-10/h2-6H,1H3. The number of carbonyl (C=O) groups is 1. The topological polar surface area (TPSA) is 52.1 Å². The summed E-state index contributed by atoms with van der Waals surface area (Å²) in [5.74, 6) is 0.469. The summed E-state index contributed by atoms with van der Waals surface area (Å²) in [5, 5.41) is 0. The number of aromatic nitrogens is 2. The molecule has 0 aliphatic carbocycles. The van der Waals surface area contributed by atoms with Crippen molar-refractivity contribution in [1.29, 1.82) is 0 Å². The molecule has 0 saturated heterocycles. The number of benzene rings is 1. The molecule has 0 aliphatic rings. The number of hydrogen-bond donors (Lipinski definition) is 0. The molecule has 0 fully saturated rings. The number of hydrogen-bond acceptors (Lipinski definition) is 4. The van der Waals surface area contributed by atoms with E-state index in [0.29, 0.717) is 17.0 Å². The average molecular weight is 188 g/mol. The molecule has 0 saturated carbocycles. The average Bonchev–Trinajstić information content (AvgIpc) is 2.27. The molecule has 0 bridgehead atoms. The van der Waals surface area contributed by atoms with Crippen LogP contribution >= 0.6 is 0 Å². The summed E-state index contributed by atoms with van der Waals surface area (Å²) in [6.45, 7) is 0. The van der Waals surface area contributed by atoms with E-state index in [4.69, 9.17) is 4.74 Å². The number of carbonyl (C=O) groups excluding carboxylic acids is 1. The van der Waals surface area contributed by atoms with Crippen molar-refractivity contribution in [3.63, 3.8) is 0 Å². The van der Waals surface area contributed by atoms with Crippen LogP contribution < -0.4 is 4.74 Å². The normalized spacial score (nSPS) is 10.1. The first-order valence-corrected chi connectivity index (χ1v) is 4.09. The predicted molar refractivity (Wildman–Crippen MR) is 51.5 cm³/mol. The first kappa shape index (κ1) is 8.62. The summed E-state index contributed by atoms with van der Waals surface area (Å²) in [4.78, 5) is 18.8. The van der Waals surface area contributed by atoms with E-state index in [0.717, 1.165) is 11.8 Å². The SMILES string of the molecule is COc1cnc2cc(C=O)ccc2n1. The van der Waals surface area contributed by atoms with E-state index in [9.17, 15) is 4.79 Å². The van der Waals surface area contributed by atoms with Gasteiger partial charge in [0, 0.05) is 5.56 Å². The second-order valence-electron chi connectivity index (χ2n) is 2.78. The van der Waals surface area contributed by atoms with Gasteiger partial charge in [-0.25, -0.2) is 9.97 Å². The maximum atomic E-state index is 10.5. The monoisotopic (exact) mass is 188 g/mol. The molecule has 70 valence electrons. The van der Waals surface area contributed by atoms with E-state index in [2.05, 4.69) is 9.97 Å². The van der Waals surface area contributed by atoms with Crippen molar-refractivity contribution in [3.05, 3.63) is 30.0 Å². The zero-order valence-electron chi connectivity index (χ0n) is 7.60. The lowest BCUT2D eigenvalue weighted by atomic mass is 10.2. The van der Waals surface area contributed by atoms with Gasteiger partial charge in [0.25, 0.3) is 0 Å². The van der Waals surface area contributed by atoms with Crippen molar-refractivity contribution in [1.82, 2.24) is 9.97 Å². The lowest BCUT2D eigenvalue weighted by Crippen LogP contribution is -1.91. The predicted octanol–water partition coefficient (Wildman–Crippen LogP) is 1.45. The molecule has 2 aromatic rings. The van der Waals surface area contributed by atoms with Crippen molar-refractivity contribution in [2.24, 2.45) is 0 Å². The Balaban J connectivity index is 2.63. The molecule has 1 aromatic carbocycles. The lowest BCUT2D eigenvalue weighted by molar-refractivity contribution is 0.112. The van der Waals surface area contributed by atoms with Gasteiger partial charge in [-0.15, -0.1) is 0 Å². The third kappa shape index (κ3) is 1.42. The van der Waals surface area contributed by atoms with Crippen LogP contribution in [0.15, 0.2) is 24.4 Å². The fraction of sp³-hybridized carbons (Fsp3) is 0.100. The van der Waals surface area contributed by atoms with Gasteiger partial charge in [-0.3, -0.25) is 4.79 Å². The lowest BCUT2D eigenvalue weighted by Gasteiger charge is -2.00. The van der Waals surface area contributed by atoms with Gasteiger partial charge in [0.15, 0.2) is 0 Å². The Morgan fingerprint density at radius 1 is 1.36 bits per heavy atom. The first-order valence-electron chi connectivity index (χ1n) is 4.09. The summed E-state index contributed by atoms with van der Waals surface area (Å²) in [6.07, 6.45) is 2.31. The molecular weight excluding hydrogens is 180 g/mol. The minimum atomic E-state index is 0.469. The van der Waals surface area contributed by atoms with E-state index in [1.807, 2.05) is 0 Å². The van der Waals surface area contributed by atoms with Gasteiger partial charge in [-0.05, 0) is 18.2 Å². The van der Waals surface area contributed by atoms with Crippen LogP contribution in [0.3, 0.4) is 0 Å². The van der Waals surface area contributed by atoms with Gasteiger partial charge in [0.2, 0.25) is 5.88 Å². The Kier molecular flexibility index (Phi) is 2.10. The fourth-order valence-corrected chi connectivity index (χ4v) is 1.18. The van der Waals surface area contributed by atoms with Crippen LogP contribution in [-0.2, 0) is 0 Å². The van der Waals surface area contributed by atoms with E-state index in [1.165, 1.54) is 13.3 Å². The van der Waals surface area contributed by atoms with E-state index in [-0.39, 0.29) is 0 Å². The highest BCUT2D eigenvalue weighted by molar-refractivity contribution is 5.84. The molecule has 0 radical (unpaired) electrons. The van der Waals surface area contributed by atoms with Gasteiger partial charge >= 0.3 is 0 Å². The summed E-state index contributed by atoms with van der Waals surface area (Å²) in [5.41, 5.74) is 2.00. The Hall–Kier alpha value is -1.97. The van der Waals surface area contributed by atoms with E-state index < -0.39 is 0 Å². The van der Waals surface area contributed by atoms with Crippen molar-refractivity contribution in [2.75, 3.05) is 7.11 Å². The minimum absolute atomic E-state index is 0.469. The highest BCUT2D eigenvalue weighted by atomic mass is 16.5. The first-order chi connectivity index (χ1) is 6.83. The van der Waals surface area contributed by atoms with Crippen molar-refractivity contribution >= 4 is 17.3 Å². The molecule has 1 heterocycles. The zero-order chi connectivity index (χ0) is 9.97. The summed E-state index contributed by atoms with van der Waals surface area (Å²) in [7, 11) is 1.54. The second-order valence-corrected chi connectivity index (χ2v) is 2.78. The Morgan fingerprint density at radius 2 is 2.21 bits per heavy atom. The van der Waals surface area contributed by atoms with Crippen molar-refractivity contribution < 1.29 is 9.53 Å². The van der Waals surface area contributed by atoms with Gasteiger partial charge in [0.1, 0.15) is 6.29 Å². The highest BCUT2D eigenvalue weighted by Gasteiger charge is 2.00. The van der Waals surface area contributed by atoms with Crippen molar-refractivity contribution in [2.45, 2.75) is 0 Å². The molecule has 0 atom stereocenters. The Bertz CT molecular complexity index is 483. The molecule has 4 heteroatoms. The molecule has 0 aliphatic heterocycles. The highest BCUT2D eigenvalue weighted by Crippen LogP contribution is 2.14.